The number of likely N-dealkylation sites (tertiary alicyclic amines) is 1. The van der Waals surface area contributed by atoms with E-state index >= 15 is 0 Å². The van der Waals surface area contributed by atoms with Crippen LogP contribution in [0.2, 0.25) is 0 Å². The van der Waals surface area contributed by atoms with Crippen molar-refractivity contribution in [2.75, 3.05) is 32.7 Å². The van der Waals surface area contributed by atoms with Crippen LogP contribution in [0.5, 0.6) is 0 Å². The Hall–Kier alpha value is -0.530. The summed E-state index contributed by atoms with van der Waals surface area (Å²) in [5.41, 5.74) is 0. The number of hydrogen-bond donors (Lipinski definition) is 2. The molecule has 5 nitrogen and oxygen atoms in total. The molecule has 2 N–H and O–H groups in total. The van der Waals surface area contributed by atoms with Crippen LogP contribution in [0.4, 0.5) is 0 Å². The average molecular weight is 450 g/mol. The Balaban J connectivity index is 0.00000288. The Morgan fingerprint density at radius 1 is 1.00 bits per heavy atom. The zero-order chi connectivity index (χ0) is 16.3. The maximum Gasteiger partial charge on any atom is 0.244 e. The molecular weight excluding hydrogens is 415 g/mol. The van der Waals surface area contributed by atoms with Crippen LogP contribution in [0, 0.1) is 5.92 Å². The van der Waals surface area contributed by atoms with Crippen molar-refractivity contribution in [3.63, 3.8) is 0 Å². The number of rotatable bonds is 5. The van der Waals surface area contributed by atoms with E-state index in [1.165, 1.54) is 44.9 Å². The molecule has 24 heavy (non-hydrogen) atoms. The van der Waals surface area contributed by atoms with E-state index in [9.17, 15) is 4.79 Å². The van der Waals surface area contributed by atoms with Crippen LogP contribution < -0.4 is 10.6 Å². The highest BCUT2D eigenvalue weighted by Gasteiger charge is 2.17. The van der Waals surface area contributed by atoms with E-state index in [4.69, 9.17) is 0 Å². The van der Waals surface area contributed by atoms with Gasteiger partial charge in [-0.3, -0.25) is 4.79 Å². The molecule has 0 atom stereocenters. The summed E-state index contributed by atoms with van der Waals surface area (Å²) in [5.74, 6) is 1.70. The van der Waals surface area contributed by atoms with Crippen LogP contribution in [0.15, 0.2) is 4.99 Å². The second kappa shape index (κ2) is 12.8. The summed E-state index contributed by atoms with van der Waals surface area (Å²) < 4.78 is 0. The van der Waals surface area contributed by atoms with Crippen molar-refractivity contribution in [1.29, 1.82) is 0 Å². The fourth-order valence-electron chi connectivity index (χ4n) is 3.54. The Bertz CT molecular complexity index is 375. The summed E-state index contributed by atoms with van der Waals surface area (Å²) in [6.07, 6.45) is 11.8. The summed E-state index contributed by atoms with van der Waals surface area (Å²) in [5, 5.41) is 6.72. The molecular formula is C18H35IN4O. The highest BCUT2D eigenvalue weighted by Crippen LogP contribution is 2.21. The maximum absolute atomic E-state index is 12.1. The smallest absolute Gasteiger partial charge is 0.244 e. The molecule has 0 aromatic heterocycles. The van der Waals surface area contributed by atoms with E-state index in [0.29, 0.717) is 0 Å². The molecule has 6 heteroatoms. The minimum absolute atomic E-state index is 0. The molecule has 1 saturated heterocycles. The normalized spacial score (nSPS) is 20.0. The van der Waals surface area contributed by atoms with E-state index in [1.54, 1.807) is 0 Å². The van der Waals surface area contributed by atoms with Crippen molar-refractivity contribution in [2.45, 2.75) is 64.7 Å². The number of aliphatic imine (C=N–C) groups is 1. The second-order valence-electron chi connectivity index (χ2n) is 6.88. The zero-order valence-electron chi connectivity index (χ0n) is 15.2. The molecule has 2 aliphatic rings. The van der Waals surface area contributed by atoms with Gasteiger partial charge in [-0.2, -0.15) is 0 Å². The first kappa shape index (κ1) is 21.5. The standard InChI is InChI=1S/C18H34N4O.HI/c1-2-19-18(21-15-17(23)22-12-8-9-13-22)20-14-16-10-6-4-3-5-7-11-16;/h16H,2-15H2,1H3,(H2,19,20,21);1H. The molecule has 1 saturated carbocycles. The number of nitrogens with one attached hydrogen (secondary N) is 2. The quantitative estimate of drug-likeness (QED) is 0.385. The first-order valence-electron chi connectivity index (χ1n) is 9.59. The number of halogens is 1. The first-order chi connectivity index (χ1) is 11.3. The molecule has 1 heterocycles. The highest BCUT2D eigenvalue weighted by atomic mass is 127. The lowest BCUT2D eigenvalue weighted by Crippen LogP contribution is -2.41. The molecule has 0 radical (unpaired) electrons. The van der Waals surface area contributed by atoms with Crippen LogP contribution in [0.1, 0.15) is 64.7 Å². The van der Waals surface area contributed by atoms with Gasteiger partial charge in [0.05, 0.1) is 0 Å². The molecule has 0 aromatic rings. The van der Waals surface area contributed by atoms with Crippen molar-refractivity contribution in [3.8, 4) is 0 Å². The molecule has 2 fully saturated rings. The topological polar surface area (TPSA) is 56.7 Å². The molecule has 0 aromatic carbocycles. The van der Waals surface area contributed by atoms with Gasteiger partial charge in [0.15, 0.2) is 5.96 Å². The van der Waals surface area contributed by atoms with Crippen LogP contribution in [-0.2, 0) is 4.79 Å². The third-order valence-corrected chi connectivity index (χ3v) is 4.96. The predicted molar refractivity (Wildman–Crippen MR) is 111 cm³/mol. The molecule has 2 rings (SSSR count). The fraction of sp³-hybridized carbons (Fsp3) is 0.889. The molecule has 140 valence electrons. The van der Waals surface area contributed by atoms with Gasteiger partial charge in [-0.15, -0.1) is 24.0 Å². The van der Waals surface area contributed by atoms with Crippen molar-refractivity contribution in [2.24, 2.45) is 10.9 Å². The van der Waals surface area contributed by atoms with Crippen LogP contribution in [0.3, 0.4) is 0 Å². The monoisotopic (exact) mass is 450 g/mol. The fourth-order valence-corrected chi connectivity index (χ4v) is 3.54. The number of amides is 1. The summed E-state index contributed by atoms with van der Waals surface area (Å²) in [6.45, 7) is 5.94. The molecule has 1 amide bonds. The number of hydrogen-bond acceptors (Lipinski definition) is 2. The third kappa shape index (κ3) is 8.03. The molecule has 0 unspecified atom stereocenters. The summed E-state index contributed by atoms with van der Waals surface area (Å²) >= 11 is 0. The van der Waals surface area contributed by atoms with Crippen molar-refractivity contribution < 1.29 is 4.79 Å². The third-order valence-electron chi connectivity index (χ3n) is 4.96. The van der Waals surface area contributed by atoms with Gasteiger partial charge in [0.2, 0.25) is 5.91 Å². The van der Waals surface area contributed by atoms with Gasteiger partial charge in [0.25, 0.3) is 0 Å². The van der Waals surface area contributed by atoms with Gasteiger partial charge in [-0.1, -0.05) is 32.1 Å². The summed E-state index contributed by atoms with van der Waals surface area (Å²) in [4.78, 5) is 18.5. The van der Waals surface area contributed by atoms with Gasteiger partial charge in [0, 0.05) is 26.2 Å². The average Bonchev–Trinajstić information content (AvgIpc) is 3.05. The van der Waals surface area contributed by atoms with E-state index < -0.39 is 0 Å². The van der Waals surface area contributed by atoms with E-state index in [1.807, 2.05) is 4.90 Å². The molecule has 0 bridgehead atoms. The SMILES string of the molecule is CCNC(=NCC(=O)N1CCCC1)NCC1CCCCCCC1.I. The largest absolute Gasteiger partial charge is 0.357 e. The first-order valence-corrected chi connectivity index (χ1v) is 9.59. The van der Waals surface area contributed by atoms with Crippen LogP contribution in [0.25, 0.3) is 0 Å². The lowest BCUT2D eigenvalue weighted by molar-refractivity contribution is -0.128. The Kier molecular flexibility index (Phi) is 11.5. The van der Waals surface area contributed by atoms with Gasteiger partial charge in [-0.25, -0.2) is 4.99 Å². The van der Waals surface area contributed by atoms with E-state index in [-0.39, 0.29) is 36.4 Å². The van der Waals surface area contributed by atoms with Gasteiger partial charge in [0.1, 0.15) is 6.54 Å². The van der Waals surface area contributed by atoms with Crippen molar-refractivity contribution in [3.05, 3.63) is 0 Å². The van der Waals surface area contributed by atoms with Gasteiger partial charge < -0.3 is 15.5 Å². The Morgan fingerprint density at radius 2 is 1.62 bits per heavy atom. The summed E-state index contributed by atoms with van der Waals surface area (Å²) in [6, 6.07) is 0. The minimum atomic E-state index is 0. The van der Waals surface area contributed by atoms with Crippen LogP contribution >= 0.6 is 24.0 Å². The van der Waals surface area contributed by atoms with Crippen LogP contribution in [-0.4, -0.2) is 49.5 Å². The van der Waals surface area contributed by atoms with Gasteiger partial charge >= 0.3 is 0 Å². The van der Waals surface area contributed by atoms with E-state index in [0.717, 1.165) is 50.9 Å². The van der Waals surface area contributed by atoms with Gasteiger partial charge in [-0.05, 0) is 38.5 Å². The van der Waals surface area contributed by atoms with E-state index in [2.05, 4.69) is 22.5 Å². The lowest BCUT2D eigenvalue weighted by Gasteiger charge is -2.21. The van der Waals surface area contributed by atoms with Crippen molar-refractivity contribution in [1.82, 2.24) is 15.5 Å². The summed E-state index contributed by atoms with van der Waals surface area (Å²) in [7, 11) is 0. The number of nitrogens with zero attached hydrogens (tertiary/aromatic N) is 2. The second-order valence-corrected chi connectivity index (χ2v) is 6.88. The number of guanidine groups is 1. The lowest BCUT2D eigenvalue weighted by atomic mass is 9.91. The molecule has 1 aliphatic carbocycles. The maximum atomic E-state index is 12.1. The Morgan fingerprint density at radius 3 is 2.25 bits per heavy atom. The predicted octanol–water partition coefficient (Wildman–Crippen LogP) is 3.14. The minimum Gasteiger partial charge on any atom is -0.357 e. The highest BCUT2D eigenvalue weighted by molar-refractivity contribution is 14.0. The Labute approximate surface area is 164 Å². The number of carbonyl (C=O) groups excluding carboxylic acids is 1. The molecule has 1 aliphatic heterocycles. The number of carbonyl (C=O) groups is 1. The van der Waals surface area contributed by atoms with Crippen molar-refractivity contribution >= 4 is 35.8 Å². The zero-order valence-corrected chi connectivity index (χ0v) is 17.5. The molecule has 0 spiro atoms.